The van der Waals surface area contributed by atoms with Gasteiger partial charge in [-0.2, -0.15) is 0 Å². The minimum atomic E-state index is -4.31. The average molecular weight is 916 g/mol. The second-order valence-corrected chi connectivity index (χ2v) is 22.1. The molecular weight excluding hydrogens is 804 g/mol. The fourth-order valence-electron chi connectivity index (χ4n) is 8.70. The van der Waals surface area contributed by atoms with Crippen molar-refractivity contribution in [1.29, 1.82) is 0 Å². The lowest BCUT2D eigenvalue weighted by atomic mass is 10.0. The topological polar surface area (TPSA) is 105 Å². The highest BCUT2D eigenvalue weighted by Crippen LogP contribution is 2.43. The molecule has 63 heavy (non-hydrogen) atoms. The van der Waals surface area contributed by atoms with Gasteiger partial charge < -0.3 is 19.8 Å². The highest BCUT2D eigenvalue weighted by atomic mass is 31.2. The Morgan fingerprint density at radius 1 is 0.476 bits per heavy atom. The number of phosphoric acid groups is 1. The second kappa shape index (κ2) is 46.6. The normalized spacial score (nSPS) is 14.0. The SMILES string of the molecule is CCCCCCCCCCCCCCCCCCCCCCCCCCCCCCC(=O)NC(COP(=O)(O)OCC[N+](C)(C)C)C(O)CCCCCCCCCCCCCCC. The first-order valence-corrected chi connectivity index (χ1v) is 29.4. The molecule has 0 aliphatic heterocycles. The van der Waals surface area contributed by atoms with Gasteiger partial charge in [0, 0.05) is 6.42 Å². The van der Waals surface area contributed by atoms with Gasteiger partial charge in [0.15, 0.2) is 0 Å². The number of rotatable bonds is 52. The molecule has 0 radical (unpaired) electrons. The van der Waals surface area contributed by atoms with E-state index in [-0.39, 0.29) is 19.1 Å². The largest absolute Gasteiger partial charge is 0.472 e. The fourth-order valence-corrected chi connectivity index (χ4v) is 9.43. The molecule has 378 valence electrons. The summed E-state index contributed by atoms with van der Waals surface area (Å²) in [5.74, 6) is -0.137. The van der Waals surface area contributed by atoms with Crippen molar-refractivity contribution in [2.45, 2.75) is 302 Å². The van der Waals surface area contributed by atoms with E-state index < -0.39 is 20.0 Å². The van der Waals surface area contributed by atoms with Crippen LogP contribution in [-0.2, 0) is 18.4 Å². The number of unbranched alkanes of at least 4 members (excludes halogenated alkanes) is 39. The zero-order chi connectivity index (χ0) is 46.4. The lowest BCUT2D eigenvalue weighted by molar-refractivity contribution is -0.870. The van der Waals surface area contributed by atoms with Gasteiger partial charge in [-0.25, -0.2) is 4.57 Å². The third-order valence-corrected chi connectivity index (χ3v) is 14.1. The van der Waals surface area contributed by atoms with Crippen molar-refractivity contribution in [2.75, 3.05) is 40.9 Å². The van der Waals surface area contributed by atoms with Crippen molar-refractivity contribution in [3.63, 3.8) is 0 Å². The van der Waals surface area contributed by atoms with Crippen molar-refractivity contribution >= 4 is 13.7 Å². The Kier molecular flexibility index (Phi) is 46.2. The van der Waals surface area contributed by atoms with Crippen LogP contribution in [-0.4, -0.2) is 73.4 Å². The van der Waals surface area contributed by atoms with Crippen LogP contribution in [0.25, 0.3) is 0 Å². The summed E-state index contributed by atoms with van der Waals surface area (Å²) in [6, 6.07) is -0.754. The lowest BCUT2D eigenvalue weighted by Crippen LogP contribution is -2.46. The van der Waals surface area contributed by atoms with Crippen molar-refractivity contribution in [3.05, 3.63) is 0 Å². The van der Waals surface area contributed by atoms with E-state index in [9.17, 15) is 19.4 Å². The van der Waals surface area contributed by atoms with Crippen molar-refractivity contribution in [3.8, 4) is 0 Å². The van der Waals surface area contributed by atoms with Gasteiger partial charge in [-0.3, -0.25) is 13.8 Å². The number of carbonyl (C=O) groups is 1. The highest BCUT2D eigenvalue weighted by molar-refractivity contribution is 7.47. The predicted molar refractivity (Wildman–Crippen MR) is 272 cm³/mol. The third-order valence-electron chi connectivity index (χ3n) is 13.1. The molecule has 1 amide bonds. The number of hydrogen-bond donors (Lipinski definition) is 3. The number of aliphatic hydroxyl groups excluding tert-OH is 1. The number of nitrogens with zero attached hydrogens (tertiary/aromatic N) is 1. The molecule has 0 aromatic carbocycles. The van der Waals surface area contributed by atoms with Crippen molar-refractivity contribution in [1.82, 2.24) is 5.32 Å². The summed E-state index contributed by atoms with van der Waals surface area (Å²) in [6.07, 6.45) is 54.5. The number of quaternary nitrogens is 1. The van der Waals surface area contributed by atoms with Crippen LogP contribution in [0.1, 0.15) is 290 Å². The maximum absolute atomic E-state index is 13.0. The molecule has 0 bridgehead atoms. The molecule has 0 heterocycles. The minimum absolute atomic E-state index is 0.0788. The number of phosphoric ester groups is 1. The summed E-state index contributed by atoms with van der Waals surface area (Å²) >= 11 is 0. The van der Waals surface area contributed by atoms with E-state index in [1.54, 1.807) is 0 Å². The van der Waals surface area contributed by atoms with Crippen LogP contribution in [0.4, 0.5) is 0 Å². The Balaban J connectivity index is 4.02. The zero-order valence-electron chi connectivity index (χ0n) is 43.1. The standard InChI is InChI=1S/C54H111N2O6P/c1-6-8-10-12-14-16-18-20-21-22-23-24-25-26-27-28-29-30-31-32-33-34-36-38-40-42-44-46-48-54(58)55-52(51-62-63(59,60)61-50-49-56(3,4)5)53(57)47-45-43-41-39-37-35-19-17-15-13-11-9-7-2/h52-53,57H,6-51H2,1-5H3,(H-,55,58,59,60)/p+1. The van der Waals surface area contributed by atoms with Gasteiger partial charge in [0.05, 0.1) is 39.9 Å². The Hall–Kier alpha value is -0.500. The van der Waals surface area contributed by atoms with Gasteiger partial charge in [0.1, 0.15) is 13.2 Å². The highest BCUT2D eigenvalue weighted by Gasteiger charge is 2.28. The van der Waals surface area contributed by atoms with E-state index in [0.29, 0.717) is 23.9 Å². The van der Waals surface area contributed by atoms with E-state index in [1.807, 2.05) is 21.1 Å². The monoisotopic (exact) mass is 916 g/mol. The van der Waals surface area contributed by atoms with Gasteiger partial charge in [0.25, 0.3) is 0 Å². The third kappa shape index (κ3) is 49.2. The van der Waals surface area contributed by atoms with Crippen LogP contribution in [0, 0.1) is 0 Å². The summed E-state index contributed by atoms with van der Waals surface area (Å²) in [5.41, 5.74) is 0. The van der Waals surface area contributed by atoms with Gasteiger partial charge in [-0.1, -0.05) is 271 Å². The van der Waals surface area contributed by atoms with Gasteiger partial charge in [0.2, 0.25) is 5.91 Å². The minimum Gasteiger partial charge on any atom is -0.391 e. The predicted octanol–water partition coefficient (Wildman–Crippen LogP) is 16.5. The van der Waals surface area contributed by atoms with Crippen LogP contribution >= 0.6 is 7.82 Å². The number of hydrogen-bond acceptors (Lipinski definition) is 5. The molecule has 3 atom stereocenters. The summed E-state index contributed by atoms with van der Waals surface area (Å²) in [6.45, 7) is 4.93. The smallest absolute Gasteiger partial charge is 0.391 e. The Morgan fingerprint density at radius 3 is 1.06 bits per heavy atom. The van der Waals surface area contributed by atoms with Gasteiger partial charge in [-0.15, -0.1) is 0 Å². The molecule has 0 aromatic heterocycles. The Bertz CT molecular complexity index is 994. The Labute approximate surface area is 393 Å². The van der Waals surface area contributed by atoms with Crippen LogP contribution in [0.5, 0.6) is 0 Å². The average Bonchev–Trinajstić information content (AvgIpc) is 3.24. The summed E-state index contributed by atoms with van der Waals surface area (Å²) in [4.78, 5) is 23.3. The Morgan fingerprint density at radius 2 is 0.762 bits per heavy atom. The summed E-state index contributed by atoms with van der Waals surface area (Å²) in [5, 5.41) is 14.0. The zero-order valence-corrected chi connectivity index (χ0v) is 44.0. The molecule has 3 N–H and O–H groups in total. The maximum atomic E-state index is 13.0. The van der Waals surface area contributed by atoms with Gasteiger partial charge >= 0.3 is 7.82 Å². The molecule has 0 aliphatic carbocycles. The molecular formula is C54H112N2O6P+. The van der Waals surface area contributed by atoms with E-state index >= 15 is 0 Å². The molecule has 8 nitrogen and oxygen atoms in total. The van der Waals surface area contributed by atoms with E-state index in [2.05, 4.69) is 19.2 Å². The van der Waals surface area contributed by atoms with Crippen LogP contribution in [0.2, 0.25) is 0 Å². The molecule has 0 spiro atoms. The first-order chi connectivity index (χ1) is 30.5. The molecule has 3 unspecified atom stereocenters. The molecule has 0 fully saturated rings. The van der Waals surface area contributed by atoms with Crippen molar-refractivity contribution in [2.24, 2.45) is 0 Å². The van der Waals surface area contributed by atoms with E-state index in [4.69, 9.17) is 9.05 Å². The molecule has 0 rings (SSSR count). The maximum Gasteiger partial charge on any atom is 0.472 e. The van der Waals surface area contributed by atoms with Crippen molar-refractivity contribution < 1.29 is 32.9 Å². The number of carbonyl (C=O) groups excluding carboxylic acids is 1. The molecule has 9 heteroatoms. The number of nitrogens with one attached hydrogen (secondary N) is 1. The summed E-state index contributed by atoms with van der Waals surface area (Å²) < 4.78 is 23.7. The quantitative estimate of drug-likeness (QED) is 0.0319. The number of amides is 1. The lowest BCUT2D eigenvalue weighted by Gasteiger charge is -2.26. The van der Waals surface area contributed by atoms with Crippen LogP contribution in [0.3, 0.4) is 0 Å². The summed E-state index contributed by atoms with van der Waals surface area (Å²) in [7, 11) is 1.63. The fraction of sp³-hybridized carbons (Fsp3) is 0.981. The van der Waals surface area contributed by atoms with E-state index in [0.717, 1.165) is 38.5 Å². The van der Waals surface area contributed by atoms with Gasteiger partial charge in [-0.05, 0) is 12.8 Å². The molecule has 0 aromatic rings. The molecule has 0 aliphatic rings. The number of aliphatic hydroxyl groups is 1. The number of likely N-dealkylation sites (N-methyl/N-ethyl adjacent to an activating group) is 1. The second-order valence-electron chi connectivity index (χ2n) is 20.7. The van der Waals surface area contributed by atoms with Crippen LogP contribution in [0.15, 0.2) is 0 Å². The molecule has 0 saturated carbocycles. The first-order valence-electron chi connectivity index (χ1n) is 27.9. The first kappa shape index (κ1) is 62.5. The molecule has 0 saturated heterocycles. The van der Waals surface area contributed by atoms with E-state index in [1.165, 1.54) is 225 Å². The van der Waals surface area contributed by atoms with Crippen LogP contribution < -0.4 is 5.32 Å².